The van der Waals surface area contributed by atoms with Crippen molar-refractivity contribution in [1.82, 2.24) is 20.0 Å². The predicted molar refractivity (Wildman–Crippen MR) is 113 cm³/mol. The zero-order valence-corrected chi connectivity index (χ0v) is 18.8. The molecule has 0 spiro atoms. The molecular formula is C22H30N4O6. The number of methoxy groups -OCH3 is 1. The van der Waals surface area contributed by atoms with E-state index in [9.17, 15) is 4.79 Å². The molecule has 32 heavy (non-hydrogen) atoms. The summed E-state index contributed by atoms with van der Waals surface area (Å²) in [5.41, 5.74) is 2.92. The molecule has 174 valence electrons. The molecule has 4 heterocycles. The predicted octanol–water partition coefficient (Wildman–Crippen LogP) is 2.19. The Morgan fingerprint density at radius 1 is 1.28 bits per heavy atom. The highest BCUT2D eigenvalue weighted by Gasteiger charge is 2.30. The van der Waals surface area contributed by atoms with Gasteiger partial charge in [-0.1, -0.05) is 5.21 Å². The van der Waals surface area contributed by atoms with Gasteiger partial charge >= 0.3 is 5.97 Å². The van der Waals surface area contributed by atoms with Crippen LogP contribution in [0.15, 0.2) is 12.1 Å². The van der Waals surface area contributed by atoms with Crippen LogP contribution in [0.1, 0.15) is 37.1 Å². The number of pyridine rings is 1. The number of carbonyl (C=O) groups is 1. The van der Waals surface area contributed by atoms with Gasteiger partial charge in [-0.15, -0.1) is 5.10 Å². The summed E-state index contributed by atoms with van der Waals surface area (Å²) in [7, 11) is 3.22. The molecule has 4 rings (SSSR count). The van der Waals surface area contributed by atoms with Crippen LogP contribution in [-0.2, 0) is 37.4 Å². The maximum Gasteiger partial charge on any atom is 0.311 e. The minimum Gasteiger partial charge on any atom is -0.486 e. The second kappa shape index (κ2) is 10.4. The number of nitrogens with zero attached hydrogens (tertiary/aromatic N) is 4. The first kappa shape index (κ1) is 22.6. The van der Waals surface area contributed by atoms with Crippen molar-refractivity contribution in [3.05, 3.63) is 23.5 Å². The van der Waals surface area contributed by atoms with Gasteiger partial charge in [-0.2, -0.15) is 0 Å². The van der Waals surface area contributed by atoms with Gasteiger partial charge in [0.25, 0.3) is 0 Å². The van der Waals surface area contributed by atoms with E-state index in [1.807, 2.05) is 26.1 Å². The lowest BCUT2D eigenvalue weighted by Gasteiger charge is -2.28. The molecule has 3 unspecified atom stereocenters. The van der Waals surface area contributed by atoms with E-state index >= 15 is 0 Å². The fraction of sp³-hybridized carbons (Fsp3) is 0.636. The maximum atomic E-state index is 11.8. The number of carbonyl (C=O) groups excluding carboxylic acids is 1. The lowest BCUT2D eigenvalue weighted by molar-refractivity contribution is -0.169. The Kier molecular flexibility index (Phi) is 7.33. The molecule has 0 radical (unpaired) electrons. The Labute approximate surface area is 187 Å². The lowest BCUT2D eigenvalue weighted by atomic mass is 10.0. The van der Waals surface area contributed by atoms with Gasteiger partial charge in [0.15, 0.2) is 6.29 Å². The number of aryl methyl sites for hydroxylation is 2. The topological polar surface area (TPSA) is 107 Å². The van der Waals surface area contributed by atoms with Crippen LogP contribution in [0, 0.1) is 12.8 Å². The third-order valence-electron chi connectivity index (χ3n) is 5.76. The number of hydrogen-bond acceptors (Lipinski definition) is 9. The van der Waals surface area contributed by atoms with Crippen LogP contribution in [0.25, 0.3) is 11.4 Å². The molecule has 2 aliphatic heterocycles. The SMILES string of the molecule is COC(=O)C1COCC(Oc2ccc(-c3nnn(C)c3COC3CCCCO3)nc2C)C1. The van der Waals surface area contributed by atoms with Crippen molar-refractivity contribution in [3.63, 3.8) is 0 Å². The molecule has 10 nitrogen and oxygen atoms in total. The highest BCUT2D eigenvalue weighted by atomic mass is 16.7. The molecule has 0 aromatic carbocycles. The quantitative estimate of drug-likeness (QED) is 0.592. The average Bonchev–Trinajstić information content (AvgIpc) is 3.19. The van der Waals surface area contributed by atoms with E-state index in [1.165, 1.54) is 7.11 Å². The first-order valence-electron chi connectivity index (χ1n) is 11.0. The van der Waals surface area contributed by atoms with E-state index in [4.69, 9.17) is 23.7 Å². The van der Waals surface area contributed by atoms with Crippen LogP contribution in [0.4, 0.5) is 0 Å². The van der Waals surface area contributed by atoms with Gasteiger partial charge < -0.3 is 23.7 Å². The smallest absolute Gasteiger partial charge is 0.311 e. The van der Waals surface area contributed by atoms with E-state index in [0.717, 1.165) is 37.3 Å². The Morgan fingerprint density at radius 2 is 2.16 bits per heavy atom. The second-order valence-corrected chi connectivity index (χ2v) is 8.13. The molecular weight excluding hydrogens is 416 g/mol. The fourth-order valence-corrected chi connectivity index (χ4v) is 3.94. The van der Waals surface area contributed by atoms with E-state index in [2.05, 4.69) is 15.3 Å². The van der Waals surface area contributed by atoms with Crippen LogP contribution >= 0.6 is 0 Å². The molecule has 0 amide bonds. The van der Waals surface area contributed by atoms with Crippen molar-refractivity contribution in [2.75, 3.05) is 26.9 Å². The molecule has 2 aromatic rings. The molecule has 2 aliphatic rings. The lowest BCUT2D eigenvalue weighted by Crippen LogP contribution is -2.37. The largest absolute Gasteiger partial charge is 0.486 e. The molecule has 2 saturated heterocycles. The highest BCUT2D eigenvalue weighted by Crippen LogP contribution is 2.27. The van der Waals surface area contributed by atoms with Crippen molar-refractivity contribution < 1.29 is 28.5 Å². The number of aromatic nitrogens is 4. The first-order chi connectivity index (χ1) is 15.5. The van der Waals surface area contributed by atoms with Gasteiger partial charge in [0.2, 0.25) is 0 Å². The minimum atomic E-state index is -0.318. The highest BCUT2D eigenvalue weighted by molar-refractivity contribution is 5.72. The van der Waals surface area contributed by atoms with Crippen molar-refractivity contribution in [2.24, 2.45) is 13.0 Å². The van der Waals surface area contributed by atoms with Gasteiger partial charge in [-0.25, -0.2) is 9.67 Å². The molecule has 0 saturated carbocycles. The average molecular weight is 447 g/mol. The van der Waals surface area contributed by atoms with Crippen LogP contribution in [0.3, 0.4) is 0 Å². The summed E-state index contributed by atoms with van der Waals surface area (Å²) in [6.07, 6.45) is 3.19. The summed E-state index contributed by atoms with van der Waals surface area (Å²) < 4.78 is 29.7. The van der Waals surface area contributed by atoms with Crippen LogP contribution in [0.5, 0.6) is 5.75 Å². The summed E-state index contributed by atoms with van der Waals surface area (Å²) in [5.74, 6) is 0.0475. The first-order valence-corrected chi connectivity index (χ1v) is 11.0. The summed E-state index contributed by atoms with van der Waals surface area (Å²) in [5, 5.41) is 8.44. The van der Waals surface area contributed by atoms with Crippen LogP contribution < -0.4 is 4.74 Å². The third kappa shape index (κ3) is 5.25. The van der Waals surface area contributed by atoms with Gasteiger partial charge in [0, 0.05) is 20.1 Å². The van der Waals surface area contributed by atoms with Crippen molar-refractivity contribution >= 4 is 5.97 Å². The standard InChI is InChI=1S/C22H30N4O6/c1-14-19(32-16-10-15(11-29-12-16)22(27)28-3)8-7-17(23-14)21-18(26(2)25-24-21)13-31-20-6-4-5-9-30-20/h7-8,15-16,20H,4-6,9-13H2,1-3H3. The number of ether oxygens (including phenoxy) is 5. The minimum absolute atomic E-state index is 0.191. The Morgan fingerprint density at radius 3 is 2.91 bits per heavy atom. The number of rotatable bonds is 7. The van der Waals surface area contributed by atoms with Crippen molar-refractivity contribution in [3.8, 4) is 17.1 Å². The molecule has 0 bridgehead atoms. The van der Waals surface area contributed by atoms with Crippen LogP contribution in [-0.4, -0.2) is 65.3 Å². The van der Waals surface area contributed by atoms with Crippen molar-refractivity contribution in [1.29, 1.82) is 0 Å². The summed E-state index contributed by atoms with van der Waals surface area (Å²) >= 11 is 0. The van der Waals surface area contributed by atoms with Crippen LogP contribution in [0.2, 0.25) is 0 Å². The number of hydrogen-bond donors (Lipinski definition) is 0. The molecule has 0 N–H and O–H groups in total. The van der Waals surface area contributed by atoms with E-state index in [0.29, 0.717) is 43.4 Å². The van der Waals surface area contributed by atoms with Gasteiger partial charge in [0.05, 0.1) is 49.9 Å². The Bertz CT molecular complexity index is 927. The van der Waals surface area contributed by atoms with Gasteiger partial charge in [0.1, 0.15) is 17.5 Å². The molecule has 10 heteroatoms. The molecule has 2 fully saturated rings. The zero-order valence-electron chi connectivity index (χ0n) is 18.8. The maximum absolute atomic E-state index is 11.8. The van der Waals surface area contributed by atoms with Gasteiger partial charge in [-0.05, 0) is 38.3 Å². The molecule has 3 atom stereocenters. The van der Waals surface area contributed by atoms with E-state index in [-0.39, 0.29) is 24.3 Å². The summed E-state index contributed by atoms with van der Waals surface area (Å²) in [4.78, 5) is 16.5. The number of esters is 1. The fourth-order valence-electron chi connectivity index (χ4n) is 3.94. The molecule has 2 aromatic heterocycles. The van der Waals surface area contributed by atoms with E-state index in [1.54, 1.807) is 4.68 Å². The summed E-state index contributed by atoms with van der Waals surface area (Å²) in [6, 6.07) is 3.72. The molecule has 0 aliphatic carbocycles. The van der Waals surface area contributed by atoms with E-state index < -0.39 is 0 Å². The second-order valence-electron chi connectivity index (χ2n) is 8.13. The third-order valence-corrected chi connectivity index (χ3v) is 5.76. The Balaban J connectivity index is 1.43. The Hall–Kier alpha value is -2.56. The zero-order chi connectivity index (χ0) is 22.5. The summed E-state index contributed by atoms with van der Waals surface area (Å²) in [6.45, 7) is 3.73. The van der Waals surface area contributed by atoms with Crippen molar-refractivity contribution in [2.45, 2.75) is 51.6 Å². The monoisotopic (exact) mass is 446 g/mol. The normalized spacial score (nSPS) is 23.7. The van der Waals surface area contributed by atoms with Gasteiger partial charge in [-0.3, -0.25) is 4.79 Å².